The van der Waals surface area contributed by atoms with Crippen LogP contribution in [-0.2, 0) is 11.3 Å². The number of rotatable bonds is 7. The predicted molar refractivity (Wildman–Crippen MR) is 102 cm³/mol. The van der Waals surface area contributed by atoms with Gasteiger partial charge in [0.1, 0.15) is 11.4 Å². The summed E-state index contributed by atoms with van der Waals surface area (Å²) in [5.74, 6) is 1.16. The van der Waals surface area contributed by atoms with Gasteiger partial charge in [0.15, 0.2) is 6.61 Å². The van der Waals surface area contributed by atoms with Crippen LogP contribution >= 0.6 is 0 Å². The highest BCUT2D eigenvalue weighted by atomic mass is 16.5. The summed E-state index contributed by atoms with van der Waals surface area (Å²) >= 11 is 0. The van der Waals surface area contributed by atoms with E-state index in [-0.39, 0.29) is 12.5 Å². The number of carbonyl (C=O) groups excluding carboxylic acids is 1. The first-order chi connectivity index (χ1) is 12.6. The van der Waals surface area contributed by atoms with E-state index in [2.05, 4.69) is 18.8 Å². The van der Waals surface area contributed by atoms with Crippen LogP contribution in [0.1, 0.15) is 37.9 Å². The second-order valence-electron chi connectivity index (χ2n) is 6.60. The third-order valence-electron chi connectivity index (χ3n) is 4.49. The highest BCUT2D eigenvalue weighted by Gasteiger charge is 2.15. The van der Waals surface area contributed by atoms with E-state index in [0.717, 1.165) is 11.3 Å². The van der Waals surface area contributed by atoms with Gasteiger partial charge in [-0.2, -0.15) is 0 Å². The highest BCUT2D eigenvalue weighted by molar-refractivity contribution is 5.77. The number of carbonyl (C=O) groups is 1. The lowest BCUT2D eigenvalue weighted by molar-refractivity contribution is -0.133. The first-order valence-electron chi connectivity index (χ1n) is 9.00. The van der Waals surface area contributed by atoms with Crippen LogP contribution in [0.3, 0.4) is 0 Å². The van der Waals surface area contributed by atoms with Crippen molar-refractivity contribution in [2.45, 2.75) is 33.2 Å². The predicted octanol–water partition coefficient (Wildman–Crippen LogP) is 3.89. The Kier molecular flexibility index (Phi) is 5.56. The lowest BCUT2D eigenvalue weighted by Crippen LogP contribution is -2.34. The van der Waals surface area contributed by atoms with Crippen molar-refractivity contribution in [1.82, 2.24) is 14.3 Å². The molecule has 5 nitrogen and oxygen atoms in total. The smallest absolute Gasteiger partial charge is 0.260 e. The molecule has 3 aromatic rings. The van der Waals surface area contributed by atoms with Gasteiger partial charge in [-0.05, 0) is 42.7 Å². The molecular weight excluding hydrogens is 326 g/mol. The largest absolute Gasteiger partial charge is 0.484 e. The Hall–Kier alpha value is -2.82. The van der Waals surface area contributed by atoms with E-state index in [9.17, 15) is 4.79 Å². The van der Waals surface area contributed by atoms with Crippen LogP contribution in [0.5, 0.6) is 5.75 Å². The molecule has 0 atom stereocenters. The van der Waals surface area contributed by atoms with Gasteiger partial charge >= 0.3 is 0 Å². The fraction of sp³-hybridized carbons (Fsp3) is 0.333. The fourth-order valence-corrected chi connectivity index (χ4v) is 2.86. The topological polar surface area (TPSA) is 46.8 Å². The van der Waals surface area contributed by atoms with Gasteiger partial charge in [-0.15, -0.1) is 0 Å². The molecular formula is C21H25N3O2. The fourth-order valence-electron chi connectivity index (χ4n) is 2.86. The normalized spacial score (nSPS) is 11.1. The summed E-state index contributed by atoms with van der Waals surface area (Å²) in [6.45, 7) is 7.44. The van der Waals surface area contributed by atoms with E-state index in [1.165, 1.54) is 5.56 Å². The van der Waals surface area contributed by atoms with Gasteiger partial charge in [-0.1, -0.05) is 32.0 Å². The third kappa shape index (κ3) is 4.04. The van der Waals surface area contributed by atoms with Crippen molar-refractivity contribution >= 4 is 11.6 Å². The first kappa shape index (κ1) is 18.0. The minimum absolute atomic E-state index is 0.0333. The molecule has 2 heterocycles. The van der Waals surface area contributed by atoms with Crippen molar-refractivity contribution in [3.05, 3.63) is 66.1 Å². The Bertz CT molecular complexity index is 868. The Balaban J connectivity index is 1.61. The second-order valence-corrected chi connectivity index (χ2v) is 6.60. The summed E-state index contributed by atoms with van der Waals surface area (Å²) in [5.41, 5.74) is 3.12. The number of ether oxygens (including phenoxy) is 1. The lowest BCUT2D eigenvalue weighted by Gasteiger charge is -2.21. The molecule has 136 valence electrons. The maximum absolute atomic E-state index is 12.6. The van der Waals surface area contributed by atoms with E-state index >= 15 is 0 Å². The average molecular weight is 351 g/mol. The zero-order chi connectivity index (χ0) is 18.5. The van der Waals surface area contributed by atoms with Crippen molar-refractivity contribution in [2.75, 3.05) is 13.2 Å². The molecule has 0 radical (unpaired) electrons. The Morgan fingerprint density at radius 2 is 1.96 bits per heavy atom. The van der Waals surface area contributed by atoms with Gasteiger partial charge in [0, 0.05) is 12.7 Å². The zero-order valence-corrected chi connectivity index (χ0v) is 15.6. The number of fused-ring (bicyclic) bond motifs is 1. The van der Waals surface area contributed by atoms with Gasteiger partial charge in [0.05, 0.1) is 18.4 Å². The second kappa shape index (κ2) is 8.04. The quantitative estimate of drug-likeness (QED) is 0.649. The average Bonchev–Trinajstić information content (AvgIpc) is 3.07. The standard InChI is InChI=1S/C21H25N3O2/c1-4-23(14-18-13-22-20-7-5-6-12-24(18)20)21(25)15-26-19-10-8-17(9-11-19)16(2)3/h5-13,16H,4,14-15H2,1-3H3. The molecule has 5 heteroatoms. The molecule has 26 heavy (non-hydrogen) atoms. The Labute approximate surface area is 154 Å². The SMILES string of the molecule is CCN(Cc1cnc2ccccn12)C(=O)COc1ccc(C(C)C)cc1. The third-order valence-corrected chi connectivity index (χ3v) is 4.49. The molecule has 3 rings (SSSR count). The number of nitrogens with zero attached hydrogens (tertiary/aromatic N) is 3. The van der Waals surface area contributed by atoms with Crippen LogP contribution < -0.4 is 4.74 Å². The molecule has 0 bridgehead atoms. The minimum Gasteiger partial charge on any atom is -0.484 e. The number of hydrogen-bond donors (Lipinski definition) is 0. The monoisotopic (exact) mass is 351 g/mol. The van der Waals surface area contributed by atoms with E-state index in [4.69, 9.17) is 4.74 Å². The zero-order valence-electron chi connectivity index (χ0n) is 15.6. The van der Waals surface area contributed by atoms with Crippen LogP contribution in [0.2, 0.25) is 0 Å². The van der Waals surface area contributed by atoms with E-state index in [1.807, 2.05) is 66.2 Å². The van der Waals surface area contributed by atoms with Crippen LogP contribution in [0.15, 0.2) is 54.9 Å². The number of aromatic nitrogens is 2. The number of benzene rings is 1. The molecule has 2 aromatic heterocycles. The van der Waals surface area contributed by atoms with Crippen molar-refractivity contribution in [3.8, 4) is 5.75 Å². The van der Waals surface area contributed by atoms with Gasteiger partial charge in [0.2, 0.25) is 0 Å². The van der Waals surface area contributed by atoms with Gasteiger partial charge in [-0.25, -0.2) is 4.98 Å². The molecule has 0 spiro atoms. The van der Waals surface area contributed by atoms with Crippen LogP contribution in [0.25, 0.3) is 5.65 Å². The molecule has 0 fully saturated rings. The van der Waals surface area contributed by atoms with Crippen LogP contribution in [0.4, 0.5) is 0 Å². The number of hydrogen-bond acceptors (Lipinski definition) is 3. The van der Waals surface area contributed by atoms with Gasteiger partial charge in [0.25, 0.3) is 5.91 Å². The Morgan fingerprint density at radius 3 is 2.65 bits per heavy atom. The van der Waals surface area contributed by atoms with E-state index < -0.39 is 0 Å². The number of likely N-dealkylation sites (N-methyl/N-ethyl adjacent to an activating group) is 1. The number of pyridine rings is 1. The van der Waals surface area contributed by atoms with Crippen molar-refractivity contribution in [2.24, 2.45) is 0 Å². The summed E-state index contributed by atoms with van der Waals surface area (Å²) in [5, 5.41) is 0. The molecule has 0 aliphatic rings. The summed E-state index contributed by atoms with van der Waals surface area (Å²) < 4.78 is 7.68. The molecule has 1 amide bonds. The van der Waals surface area contributed by atoms with Gasteiger partial charge < -0.3 is 14.0 Å². The van der Waals surface area contributed by atoms with Crippen LogP contribution in [-0.4, -0.2) is 33.3 Å². The molecule has 0 saturated carbocycles. The van der Waals surface area contributed by atoms with E-state index in [1.54, 1.807) is 4.90 Å². The molecule has 0 N–H and O–H groups in total. The number of imidazole rings is 1. The summed E-state index contributed by atoms with van der Waals surface area (Å²) in [6, 6.07) is 13.8. The van der Waals surface area contributed by atoms with Crippen molar-refractivity contribution < 1.29 is 9.53 Å². The van der Waals surface area contributed by atoms with Crippen molar-refractivity contribution in [1.29, 1.82) is 0 Å². The van der Waals surface area contributed by atoms with E-state index in [0.29, 0.717) is 24.8 Å². The summed E-state index contributed by atoms with van der Waals surface area (Å²) in [7, 11) is 0. The van der Waals surface area contributed by atoms with Crippen LogP contribution in [0, 0.1) is 0 Å². The molecule has 0 unspecified atom stereocenters. The maximum Gasteiger partial charge on any atom is 0.260 e. The highest BCUT2D eigenvalue weighted by Crippen LogP contribution is 2.18. The molecule has 0 aliphatic heterocycles. The maximum atomic E-state index is 12.6. The van der Waals surface area contributed by atoms with Gasteiger partial charge in [-0.3, -0.25) is 4.79 Å². The molecule has 0 aliphatic carbocycles. The Morgan fingerprint density at radius 1 is 1.19 bits per heavy atom. The summed E-state index contributed by atoms with van der Waals surface area (Å²) in [6.07, 6.45) is 3.78. The number of amides is 1. The lowest BCUT2D eigenvalue weighted by atomic mass is 10.0. The summed E-state index contributed by atoms with van der Waals surface area (Å²) in [4.78, 5) is 18.7. The molecule has 1 aromatic carbocycles. The van der Waals surface area contributed by atoms with Crippen molar-refractivity contribution in [3.63, 3.8) is 0 Å². The first-order valence-corrected chi connectivity index (χ1v) is 9.00. The minimum atomic E-state index is -0.0358. The molecule has 0 saturated heterocycles.